The number of halogens is 3. The molecule has 0 unspecified atom stereocenters. The second-order valence-electron chi connectivity index (χ2n) is 3.28. The van der Waals surface area contributed by atoms with Gasteiger partial charge in [0.15, 0.2) is 0 Å². The Balaban J connectivity index is 2.68. The van der Waals surface area contributed by atoms with Crippen molar-refractivity contribution >= 4 is 11.6 Å². The Morgan fingerprint density at radius 1 is 1.19 bits per heavy atom. The molecule has 0 atom stereocenters. The summed E-state index contributed by atoms with van der Waals surface area (Å²) in [5, 5.41) is 0.0952. The van der Waals surface area contributed by atoms with Crippen LogP contribution in [-0.4, -0.2) is 9.97 Å². The van der Waals surface area contributed by atoms with E-state index in [1.807, 2.05) is 0 Å². The molecular formula is C11H7ClF2N2. The summed E-state index contributed by atoms with van der Waals surface area (Å²) < 4.78 is 27.2. The van der Waals surface area contributed by atoms with E-state index in [9.17, 15) is 8.78 Å². The molecule has 0 aliphatic carbocycles. The molecule has 0 aliphatic heterocycles. The van der Waals surface area contributed by atoms with Gasteiger partial charge in [-0.25, -0.2) is 13.8 Å². The molecule has 0 N–H and O–H groups in total. The van der Waals surface area contributed by atoms with E-state index in [0.717, 1.165) is 0 Å². The molecule has 2 aromatic rings. The molecule has 0 saturated heterocycles. The maximum Gasteiger partial charge on any atom is 0.148 e. The van der Waals surface area contributed by atoms with E-state index in [1.165, 1.54) is 24.5 Å². The summed E-state index contributed by atoms with van der Waals surface area (Å²) in [7, 11) is 0. The molecule has 2 rings (SSSR count). The predicted molar refractivity (Wildman–Crippen MR) is 57.1 cm³/mol. The van der Waals surface area contributed by atoms with Crippen LogP contribution in [0.1, 0.15) is 5.56 Å². The van der Waals surface area contributed by atoms with E-state index < -0.39 is 11.6 Å². The lowest BCUT2D eigenvalue weighted by Gasteiger charge is -2.06. The Morgan fingerprint density at radius 2 is 1.94 bits per heavy atom. The fraction of sp³-hybridized carbons (Fsp3) is 0.0909. The van der Waals surface area contributed by atoms with Gasteiger partial charge in [-0.2, -0.15) is 0 Å². The number of rotatable bonds is 1. The van der Waals surface area contributed by atoms with Crippen molar-refractivity contribution in [2.75, 3.05) is 0 Å². The van der Waals surface area contributed by atoms with Gasteiger partial charge in [0.1, 0.15) is 16.8 Å². The van der Waals surface area contributed by atoms with Gasteiger partial charge in [0.2, 0.25) is 0 Å². The smallest absolute Gasteiger partial charge is 0.148 e. The highest BCUT2D eigenvalue weighted by molar-refractivity contribution is 6.29. The molecule has 1 aromatic carbocycles. The number of aryl methyl sites for hydroxylation is 1. The van der Waals surface area contributed by atoms with Crippen LogP contribution in [0.2, 0.25) is 5.15 Å². The minimum Gasteiger partial charge on any atom is -0.259 e. The summed E-state index contributed by atoms with van der Waals surface area (Å²) in [5.41, 5.74) is 0.236. The number of benzene rings is 1. The molecule has 0 bridgehead atoms. The first-order chi connectivity index (χ1) is 7.59. The van der Waals surface area contributed by atoms with E-state index in [2.05, 4.69) is 9.97 Å². The quantitative estimate of drug-likeness (QED) is 0.764. The van der Waals surface area contributed by atoms with Crippen LogP contribution in [0.25, 0.3) is 11.3 Å². The van der Waals surface area contributed by atoms with E-state index in [-0.39, 0.29) is 16.4 Å². The van der Waals surface area contributed by atoms with Gasteiger partial charge in [0.25, 0.3) is 0 Å². The first-order valence-electron chi connectivity index (χ1n) is 4.52. The monoisotopic (exact) mass is 240 g/mol. The highest BCUT2D eigenvalue weighted by Gasteiger charge is 2.15. The average molecular weight is 241 g/mol. The Hall–Kier alpha value is -1.55. The molecule has 2 nitrogen and oxygen atoms in total. The van der Waals surface area contributed by atoms with Crippen molar-refractivity contribution < 1.29 is 8.78 Å². The van der Waals surface area contributed by atoms with Crippen molar-refractivity contribution in [1.29, 1.82) is 0 Å². The maximum atomic E-state index is 13.7. The highest BCUT2D eigenvalue weighted by Crippen LogP contribution is 2.26. The molecule has 16 heavy (non-hydrogen) atoms. The summed E-state index contributed by atoms with van der Waals surface area (Å²) in [4.78, 5) is 7.57. The lowest BCUT2D eigenvalue weighted by atomic mass is 10.1. The fourth-order valence-electron chi connectivity index (χ4n) is 1.35. The topological polar surface area (TPSA) is 25.8 Å². The van der Waals surface area contributed by atoms with Gasteiger partial charge in [-0.15, -0.1) is 0 Å². The van der Waals surface area contributed by atoms with Crippen molar-refractivity contribution in [1.82, 2.24) is 9.97 Å². The number of aromatic nitrogens is 2. The molecule has 0 spiro atoms. The van der Waals surface area contributed by atoms with E-state index in [1.54, 1.807) is 6.92 Å². The Kier molecular flexibility index (Phi) is 2.83. The summed E-state index contributed by atoms with van der Waals surface area (Å²) >= 11 is 5.62. The number of hydrogen-bond acceptors (Lipinski definition) is 2. The minimum absolute atomic E-state index is 0.0891. The largest absolute Gasteiger partial charge is 0.259 e. The molecule has 5 heteroatoms. The first-order valence-corrected chi connectivity index (χ1v) is 4.90. The maximum absolute atomic E-state index is 13.7. The van der Waals surface area contributed by atoms with Gasteiger partial charge >= 0.3 is 0 Å². The SMILES string of the molecule is Cc1ccc(F)c(-c2cncc(Cl)n2)c1F. The van der Waals surface area contributed by atoms with Crippen molar-refractivity contribution in [3.05, 3.63) is 46.9 Å². The van der Waals surface area contributed by atoms with Gasteiger partial charge in [0, 0.05) is 0 Å². The highest BCUT2D eigenvalue weighted by atomic mass is 35.5. The van der Waals surface area contributed by atoms with Crippen LogP contribution < -0.4 is 0 Å². The third-order valence-corrected chi connectivity index (χ3v) is 2.33. The van der Waals surface area contributed by atoms with Gasteiger partial charge in [-0.1, -0.05) is 17.7 Å². The van der Waals surface area contributed by atoms with Crippen molar-refractivity contribution in [2.45, 2.75) is 6.92 Å². The second kappa shape index (κ2) is 4.14. The van der Waals surface area contributed by atoms with Gasteiger partial charge in [-0.3, -0.25) is 4.98 Å². The van der Waals surface area contributed by atoms with Crippen molar-refractivity contribution in [3.63, 3.8) is 0 Å². The van der Waals surface area contributed by atoms with Crippen LogP contribution in [0.15, 0.2) is 24.5 Å². The van der Waals surface area contributed by atoms with Crippen molar-refractivity contribution in [2.24, 2.45) is 0 Å². The van der Waals surface area contributed by atoms with Crippen LogP contribution in [0.5, 0.6) is 0 Å². The summed E-state index contributed by atoms with van der Waals surface area (Å²) in [5.74, 6) is -1.32. The standard InChI is InChI=1S/C11H7ClF2N2/c1-6-2-3-7(13)10(11(6)14)8-4-15-5-9(12)16-8/h2-5H,1H3. The third-order valence-electron chi connectivity index (χ3n) is 2.15. The zero-order chi connectivity index (χ0) is 11.7. The van der Waals surface area contributed by atoms with Crippen LogP contribution in [0.4, 0.5) is 8.78 Å². The normalized spacial score (nSPS) is 10.5. The molecule has 0 radical (unpaired) electrons. The Labute approximate surface area is 95.9 Å². The summed E-state index contributed by atoms with van der Waals surface area (Å²) in [6, 6.07) is 2.56. The van der Waals surface area contributed by atoms with Crippen LogP contribution in [-0.2, 0) is 0 Å². The minimum atomic E-state index is -0.681. The molecule has 1 heterocycles. The summed E-state index contributed by atoms with van der Waals surface area (Å²) in [6.07, 6.45) is 2.57. The molecule has 0 aliphatic rings. The van der Waals surface area contributed by atoms with E-state index in [4.69, 9.17) is 11.6 Å². The zero-order valence-electron chi connectivity index (χ0n) is 8.34. The third kappa shape index (κ3) is 1.88. The molecule has 0 fully saturated rings. The van der Waals surface area contributed by atoms with Crippen LogP contribution in [0, 0.1) is 18.6 Å². The average Bonchev–Trinajstić information content (AvgIpc) is 2.24. The molecule has 82 valence electrons. The lowest BCUT2D eigenvalue weighted by molar-refractivity contribution is 0.582. The Morgan fingerprint density at radius 3 is 2.62 bits per heavy atom. The van der Waals surface area contributed by atoms with Crippen molar-refractivity contribution in [3.8, 4) is 11.3 Å². The molecule has 0 saturated carbocycles. The predicted octanol–water partition coefficient (Wildman–Crippen LogP) is 3.38. The van der Waals surface area contributed by atoms with Crippen LogP contribution >= 0.6 is 11.6 Å². The number of nitrogens with zero attached hydrogens (tertiary/aromatic N) is 2. The molecule has 0 amide bonds. The van der Waals surface area contributed by atoms with Gasteiger partial charge in [0.05, 0.1) is 23.7 Å². The van der Waals surface area contributed by atoms with Crippen LogP contribution in [0.3, 0.4) is 0 Å². The fourth-order valence-corrected chi connectivity index (χ4v) is 1.50. The first kappa shape index (κ1) is 11.0. The zero-order valence-corrected chi connectivity index (χ0v) is 9.09. The Bertz CT molecular complexity index is 544. The lowest BCUT2D eigenvalue weighted by Crippen LogP contribution is -1.96. The number of hydrogen-bond donors (Lipinski definition) is 0. The summed E-state index contributed by atoms with van der Waals surface area (Å²) in [6.45, 7) is 1.55. The molecular weight excluding hydrogens is 234 g/mol. The van der Waals surface area contributed by atoms with E-state index >= 15 is 0 Å². The van der Waals surface area contributed by atoms with Gasteiger partial charge in [-0.05, 0) is 18.6 Å². The van der Waals surface area contributed by atoms with Gasteiger partial charge < -0.3 is 0 Å². The second-order valence-corrected chi connectivity index (χ2v) is 3.67. The van der Waals surface area contributed by atoms with E-state index in [0.29, 0.717) is 5.56 Å². The molecule has 1 aromatic heterocycles.